The molecule has 0 saturated heterocycles. The third-order valence-corrected chi connectivity index (χ3v) is 3.77. The fourth-order valence-corrected chi connectivity index (χ4v) is 2.60. The van der Waals surface area contributed by atoms with Gasteiger partial charge in [0.05, 0.1) is 5.52 Å². The summed E-state index contributed by atoms with van der Waals surface area (Å²) in [5.41, 5.74) is 8.36. The highest BCUT2D eigenvalue weighted by atomic mass is 35.5. The molecule has 0 unspecified atom stereocenters. The monoisotopic (exact) mass is 278 g/mol. The van der Waals surface area contributed by atoms with E-state index >= 15 is 0 Å². The summed E-state index contributed by atoms with van der Waals surface area (Å²) >= 11 is 0. The van der Waals surface area contributed by atoms with Gasteiger partial charge in [-0.05, 0) is 24.0 Å². The lowest BCUT2D eigenvalue weighted by atomic mass is 10.0. The molecule has 3 rings (SSSR count). The minimum atomic E-state index is 0. The van der Waals surface area contributed by atoms with Crippen molar-refractivity contribution < 1.29 is 4.79 Å². The molecule has 1 atom stereocenters. The lowest BCUT2D eigenvalue weighted by Gasteiger charge is -2.09. The summed E-state index contributed by atoms with van der Waals surface area (Å²) < 4.78 is 1.71. The molecule has 0 amide bonds. The van der Waals surface area contributed by atoms with Gasteiger partial charge in [0.25, 0.3) is 0 Å². The van der Waals surface area contributed by atoms with Crippen LogP contribution in [-0.2, 0) is 0 Å². The molecule has 4 heteroatoms. The Labute approximate surface area is 119 Å². The largest absolute Gasteiger partial charge is 0.324 e. The molecule has 0 aliphatic heterocycles. The van der Waals surface area contributed by atoms with Gasteiger partial charge < -0.3 is 5.73 Å². The third kappa shape index (κ3) is 2.67. The molecule has 0 spiro atoms. The lowest BCUT2D eigenvalue weighted by molar-refractivity contribution is 0.0941. The van der Waals surface area contributed by atoms with Crippen molar-refractivity contribution in [1.82, 2.24) is 4.57 Å². The number of aromatic nitrogens is 1. The second-order valence-corrected chi connectivity index (χ2v) is 5.28. The van der Waals surface area contributed by atoms with Gasteiger partial charge in [-0.3, -0.25) is 9.36 Å². The first kappa shape index (κ1) is 14.1. The number of rotatable bonds is 3. The molecule has 1 aliphatic rings. The molecular weight excluding hydrogens is 260 g/mol. The van der Waals surface area contributed by atoms with Gasteiger partial charge in [-0.15, -0.1) is 12.4 Å². The maximum absolute atomic E-state index is 11.7. The highest BCUT2D eigenvalue weighted by molar-refractivity contribution is 5.93. The molecule has 0 radical (unpaired) electrons. The maximum Gasteiger partial charge on any atom is 0.227 e. The Morgan fingerprint density at radius 2 is 2.11 bits per heavy atom. The Balaban J connectivity index is 0.00000133. The molecule has 3 nitrogen and oxygen atoms in total. The van der Waals surface area contributed by atoms with Crippen molar-refractivity contribution in [3.8, 4) is 0 Å². The summed E-state index contributed by atoms with van der Waals surface area (Å²) in [7, 11) is 0. The maximum atomic E-state index is 11.7. The van der Waals surface area contributed by atoms with Crippen molar-refractivity contribution in [2.45, 2.75) is 32.2 Å². The number of nitrogens with two attached hydrogens (primary N) is 1. The molecule has 1 saturated carbocycles. The van der Waals surface area contributed by atoms with Crippen LogP contribution in [0.2, 0.25) is 0 Å². The fourth-order valence-electron chi connectivity index (χ4n) is 2.60. The van der Waals surface area contributed by atoms with Crippen molar-refractivity contribution in [1.29, 1.82) is 0 Å². The zero-order valence-corrected chi connectivity index (χ0v) is 11.8. The number of halogens is 1. The number of hydrogen-bond donors (Lipinski definition) is 1. The van der Waals surface area contributed by atoms with Crippen LogP contribution in [-0.4, -0.2) is 10.5 Å². The number of carbonyl (C=O) groups is 1. The Morgan fingerprint density at radius 1 is 1.42 bits per heavy atom. The van der Waals surface area contributed by atoms with Crippen molar-refractivity contribution in [2.24, 2.45) is 11.7 Å². The van der Waals surface area contributed by atoms with Crippen LogP contribution >= 0.6 is 12.4 Å². The molecule has 1 aromatic carbocycles. The van der Waals surface area contributed by atoms with Gasteiger partial charge in [0.2, 0.25) is 5.91 Å². The topological polar surface area (TPSA) is 48.0 Å². The number of para-hydroxylation sites is 1. The van der Waals surface area contributed by atoms with Crippen LogP contribution in [0.25, 0.3) is 10.9 Å². The SMILES string of the molecule is CC(=O)n1cc([C@H](N)CC2CC2)c2ccccc21.Cl. The number of fused-ring (bicyclic) bond motifs is 1. The van der Waals surface area contributed by atoms with Gasteiger partial charge >= 0.3 is 0 Å². The molecule has 1 fully saturated rings. The smallest absolute Gasteiger partial charge is 0.227 e. The van der Waals surface area contributed by atoms with Crippen LogP contribution in [0.15, 0.2) is 30.5 Å². The van der Waals surface area contributed by atoms with E-state index in [4.69, 9.17) is 5.73 Å². The van der Waals surface area contributed by atoms with E-state index in [2.05, 4.69) is 6.07 Å². The van der Waals surface area contributed by atoms with Gasteiger partial charge in [0.1, 0.15) is 0 Å². The summed E-state index contributed by atoms with van der Waals surface area (Å²) in [5.74, 6) is 0.829. The van der Waals surface area contributed by atoms with Crippen LogP contribution in [0.4, 0.5) is 0 Å². The van der Waals surface area contributed by atoms with E-state index in [9.17, 15) is 4.79 Å². The minimum absolute atomic E-state index is 0. The Morgan fingerprint density at radius 3 is 2.74 bits per heavy atom. The highest BCUT2D eigenvalue weighted by Crippen LogP contribution is 2.38. The first-order valence-corrected chi connectivity index (χ1v) is 6.53. The van der Waals surface area contributed by atoms with Crippen molar-refractivity contribution in [3.63, 3.8) is 0 Å². The summed E-state index contributed by atoms with van der Waals surface area (Å²) in [6.07, 6.45) is 5.56. The average Bonchev–Trinajstić information content (AvgIpc) is 3.07. The van der Waals surface area contributed by atoms with Crippen LogP contribution in [0.1, 0.15) is 42.6 Å². The Hall–Kier alpha value is -1.32. The van der Waals surface area contributed by atoms with Crippen LogP contribution in [0, 0.1) is 5.92 Å². The quantitative estimate of drug-likeness (QED) is 0.934. The van der Waals surface area contributed by atoms with E-state index < -0.39 is 0 Å². The van der Waals surface area contributed by atoms with Crippen molar-refractivity contribution in [2.75, 3.05) is 0 Å². The highest BCUT2D eigenvalue weighted by Gasteiger charge is 2.26. The average molecular weight is 279 g/mol. The minimum Gasteiger partial charge on any atom is -0.324 e. The molecule has 2 N–H and O–H groups in total. The van der Waals surface area contributed by atoms with Gasteiger partial charge in [-0.2, -0.15) is 0 Å². The molecule has 19 heavy (non-hydrogen) atoms. The summed E-state index contributed by atoms with van der Waals surface area (Å²) in [6, 6.07) is 8.03. The van der Waals surface area contributed by atoms with Crippen LogP contribution in [0.3, 0.4) is 0 Å². The van der Waals surface area contributed by atoms with E-state index in [-0.39, 0.29) is 24.4 Å². The van der Waals surface area contributed by atoms with Gasteiger partial charge in [0.15, 0.2) is 0 Å². The lowest BCUT2D eigenvalue weighted by Crippen LogP contribution is -2.11. The summed E-state index contributed by atoms with van der Waals surface area (Å²) in [6.45, 7) is 1.59. The van der Waals surface area contributed by atoms with Gasteiger partial charge in [0, 0.05) is 24.5 Å². The van der Waals surface area contributed by atoms with E-state index in [1.54, 1.807) is 11.5 Å². The predicted molar refractivity (Wildman–Crippen MR) is 79.8 cm³/mol. The number of benzene rings is 1. The van der Waals surface area contributed by atoms with E-state index in [1.807, 2.05) is 24.4 Å². The third-order valence-electron chi connectivity index (χ3n) is 3.77. The van der Waals surface area contributed by atoms with Crippen LogP contribution in [0.5, 0.6) is 0 Å². The molecule has 0 bridgehead atoms. The van der Waals surface area contributed by atoms with E-state index in [0.29, 0.717) is 0 Å². The second kappa shape index (κ2) is 5.35. The first-order valence-electron chi connectivity index (χ1n) is 6.53. The van der Waals surface area contributed by atoms with Gasteiger partial charge in [-0.1, -0.05) is 31.0 Å². The summed E-state index contributed by atoms with van der Waals surface area (Å²) in [4.78, 5) is 11.7. The molecule has 1 heterocycles. The standard InChI is InChI=1S/C15H18N2O.ClH/c1-10(18)17-9-13(14(16)8-11-6-7-11)12-4-2-3-5-15(12)17;/h2-5,9,11,14H,6-8,16H2,1H3;1H/t14-;/m1./s1. The second-order valence-electron chi connectivity index (χ2n) is 5.28. The zero-order valence-electron chi connectivity index (χ0n) is 11.0. The molecular formula is C15H19ClN2O. The van der Waals surface area contributed by atoms with Crippen molar-refractivity contribution in [3.05, 3.63) is 36.0 Å². The zero-order chi connectivity index (χ0) is 12.7. The summed E-state index contributed by atoms with van der Waals surface area (Å²) in [5, 5.41) is 1.11. The number of nitrogens with zero attached hydrogens (tertiary/aromatic N) is 1. The molecule has 102 valence electrons. The number of carbonyl (C=O) groups excluding carboxylic acids is 1. The first-order chi connectivity index (χ1) is 8.66. The molecule has 2 aromatic rings. The normalized spacial score (nSPS) is 16.1. The van der Waals surface area contributed by atoms with E-state index in [1.165, 1.54) is 12.8 Å². The molecule has 1 aliphatic carbocycles. The molecule has 1 aromatic heterocycles. The van der Waals surface area contributed by atoms with E-state index in [0.717, 1.165) is 28.8 Å². The Bertz CT molecular complexity index is 601. The Kier molecular flexibility index (Phi) is 3.97. The fraction of sp³-hybridized carbons (Fsp3) is 0.400. The van der Waals surface area contributed by atoms with Crippen LogP contribution < -0.4 is 5.73 Å². The number of hydrogen-bond acceptors (Lipinski definition) is 2. The predicted octanol–water partition coefficient (Wildman–Crippen LogP) is 3.52. The van der Waals surface area contributed by atoms with Crippen molar-refractivity contribution >= 4 is 29.2 Å². The van der Waals surface area contributed by atoms with Gasteiger partial charge in [-0.25, -0.2) is 0 Å².